The molecule has 1 unspecified atom stereocenters. The van der Waals surface area contributed by atoms with Crippen molar-refractivity contribution in [1.29, 1.82) is 0 Å². The number of carbonyl (C=O) groups excluding carboxylic acids is 1. The second-order valence-corrected chi connectivity index (χ2v) is 7.72. The molecule has 0 aliphatic carbocycles. The van der Waals surface area contributed by atoms with Crippen LogP contribution in [0.1, 0.15) is 25.5 Å². The van der Waals surface area contributed by atoms with E-state index in [0.29, 0.717) is 5.02 Å². The van der Waals surface area contributed by atoms with E-state index in [1.165, 1.54) is 21.8 Å². The summed E-state index contributed by atoms with van der Waals surface area (Å²) in [6.45, 7) is 5.27. The van der Waals surface area contributed by atoms with Gasteiger partial charge in [-0.2, -0.15) is 0 Å². The van der Waals surface area contributed by atoms with Crippen molar-refractivity contribution in [3.8, 4) is 0 Å². The Morgan fingerprint density at radius 2 is 1.72 bits per heavy atom. The van der Waals surface area contributed by atoms with Gasteiger partial charge in [0.1, 0.15) is 0 Å². The highest BCUT2D eigenvalue weighted by Crippen LogP contribution is 2.34. The van der Waals surface area contributed by atoms with E-state index < -0.39 is 0 Å². The fraction of sp³-hybridized carbons (Fsp3) is 0.208. The van der Waals surface area contributed by atoms with Crippen molar-refractivity contribution in [3.05, 3.63) is 77.3 Å². The summed E-state index contributed by atoms with van der Waals surface area (Å²) in [7, 11) is 0. The summed E-state index contributed by atoms with van der Waals surface area (Å²) in [6.07, 6.45) is 0. The molecule has 148 valence electrons. The number of carbonyl (C=O) groups is 1. The van der Waals surface area contributed by atoms with Crippen LogP contribution in [0.3, 0.4) is 0 Å². The van der Waals surface area contributed by atoms with Crippen LogP contribution < -0.4 is 10.6 Å². The van der Waals surface area contributed by atoms with E-state index in [4.69, 9.17) is 17.3 Å². The fourth-order valence-corrected chi connectivity index (χ4v) is 4.23. The summed E-state index contributed by atoms with van der Waals surface area (Å²) < 4.78 is 2.31. The third-order valence-corrected chi connectivity index (χ3v) is 5.80. The maximum absolute atomic E-state index is 11.9. The molecule has 1 heterocycles. The molecule has 0 spiro atoms. The number of nitrogens with two attached hydrogens (primary N) is 1. The monoisotopic (exact) mass is 405 g/mol. The summed E-state index contributed by atoms with van der Waals surface area (Å²) in [5, 5.41) is 3.08. The summed E-state index contributed by atoms with van der Waals surface area (Å²) in [5.74, 6) is -0.359. The van der Waals surface area contributed by atoms with Gasteiger partial charge in [0.2, 0.25) is 5.91 Å². The Hall–Kier alpha value is -2.98. The molecule has 29 heavy (non-hydrogen) atoms. The lowest BCUT2D eigenvalue weighted by atomic mass is 10.0. The van der Waals surface area contributed by atoms with Crippen molar-refractivity contribution < 1.29 is 4.79 Å². The number of aryl methyl sites for hydroxylation is 1. The zero-order valence-electron chi connectivity index (χ0n) is 16.6. The van der Waals surface area contributed by atoms with Gasteiger partial charge in [-0.15, -0.1) is 0 Å². The molecule has 2 N–H and O–H groups in total. The van der Waals surface area contributed by atoms with E-state index in [2.05, 4.69) is 60.9 Å². The van der Waals surface area contributed by atoms with Crippen LogP contribution in [0.2, 0.25) is 5.02 Å². The van der Waals surface area contributed by atoms with Crippen molar-refractivity contribution in [3.63, 3.8) is 0 Å². The van der Waals surface area contributed by atoms with Crippen molar-refractivity contribution in [2.24, 2.45) is 5.73 Å². The molecule has 5 heteroatoms. The number of benzene rings is 3. The van der Waals surface area contributed by atoms with E-state index in [9.17, 15) is 4.79 Å². The number of halogens is 1. The number of fused-ring (bicyclic) bond motifs is 3. The highest BCUT2D eigenvalue weighted by atomic mass is 35.5. The second kappa shape index (κ2) is 7.80. The van der Waals surface area contributed by atoms with Crippen LogP contribution in [0.15, 0.2) is 66.7 Å². The van der Waals surface area contributed by atoms with Gasteiger partial charge in [0.05, 0.1) is 12.6 Å². The average molecular weight is 406 g/mol. The predicted molar refractivity (Wildman–Crippen MR) is 122 cm³/mol. The van der Waals surface area contributed by atoms with Crippen LogP contribution in [0.5, 0.6) is 0 Å². The normalized spacial score (nSPS) is 12.4. The molecule has 3 aromatic carbocycles. The molecule has 0 fully saturated rings. The molecule has 4 aromatic rings. The number of hydrogen-bond donors (Lipinski definition) is 1. The molecule has 0 aliphatic heterocycles. The molecule has 1 atom stereocenters. The Morgan fingerprint density at radius 3 is 2.41 bits per heavy atom. The second-order valence-electron chi connectivity index (χ2n) is 7.28. The lowest BCUT2D eigenvalue weighted by Gasteiger charge is -2.31. The SMILES string of the molecule is CCn1c2ccccc2c2cc(N(CC(N)=O)C(C)c3ccc(Cl)cc3)ccc21. The van der Waals surface area contributed by atoms with E-state index in [1.807, 2.05) is 29.2 Å². The van der Waals surface area contributed by atoms with Gasteiger partial charge >= 0.3 is 0 Å². The van der Waals surface area contributed by atoms with Crippen LogP contribution in [0.25, 0.3) is 21.8 Å². The first-order valence-corrected chi connectivity index (χ1v) is 10.2. The largest absolute Gasteiger partial charge is 0.368 e. The lowest BCUT2D eigenvalue weighted by Crippen LogP contribution is -2.35. The smallest absolute Gasteiger partial charge is 0.236 e. The number of para-hydroxylation sites is 1. The van der Waals surface area contributed by atoms with Gasteiger partial charge in [0.15, 0.2) is 0 Å². The molecule has 4 nitrogen and oxygen atoms in total. The zero-order chi connectivity index (χ0) is 20.5. The molecule has 0 radical (unpaired) electrons. The van der Waals surface area contributed by atoms with Crippen LogP contribution in [0.4, 0.5) is 5.69 Å². The van der Waals surface area contributed by atoms with Crippen molar-refractivity contribution in [2.75, 3.05) is 11.4 Å². The van der Waals surface area contributed by atoms with Gasteiger partial charge in [-0.1, -0.05) is 41.9 Å². The first-order valence-electron chi connectivity index (χ1n) is 9.81. The third kappa shape index (κ3) is 3.56. The number of rotatable bonds is 6. The van der Waals surface area contributed by atoms with Gasteiger partial charge < -0.3 is 15.2 Å². The molecular weight excluding hydrogens is 382 g/mol. The minimum absolute atomic E-state index is 0.0308. The molecule has 1 amide bonds. The minimum Gasteiger partial charge on any atom is -0.368 e. The Morgan fingerprint density at radius 1 is 1.03 bits per heavy atom. The molecule has 0 saturated heterocycles. The molecule has 0 aliphatic rings. The number of primary amides is 1. The minimum atomic E-state index is -0.359. The van der Waals surface area contributed by atoms with Gasteiger partial charge in [0, 0.05) is 39.1 Å². The van der Waals surface area contributed by atoms with Gasteiger partial charge in [-0.05, 0) is 55.8 Å². The van der Waals surface area contributed by atoms with Crippen molar-refractivity contribution in [1.82, 2.24) is 4.57 Å². The third-order valence-electron chi connectivity index (χ3n) is 5.55. The molecule has 1 aromatic heterocycles. The van der Waals surface area contributed by atoms with E-state index in [0.717, 1.165) is 17.8 Å². The number of hydrogen-bond acceptors (Lipinski definition) is 2. The Balaban J connectivity index is 1.85. The van der Waals surface area contributed by atoms with Crippen LogP contribution in [-0.2, 0) is 11.3 Å². The number of aromatic nitrogens is 1. The average Bonchev–Trinajstić information content (AvgIpc) is 3.05. The summed E-state index contributed by atoms with van der Waals surface area (Å²) in [5.41, 5.74) is 10.0. The van der Waals surface area contributed by atoms with Crippen molar-refractivity contribution >= 4 is 45.0 Å². The Bertz CT molecular complexity index is 1180. The van der Waals surface area contributed by atoms with Crippen LogP contribution in [-0.4, -0.2) is 17.0 Å². The first-order chi connectivity index (χ1) is 14.0. The van der Waals surface area contributed by atoms with Gasteiger partial charge in [-0.25, -0.2) is 0 Å². The predicted octanol–water partition coefficient (Wildman–Crippen LogP) is 5.52. The van der Waals surface area contributed by atoms with E-state index >= 15 is 0 Å². The topological polar surface area (TPSA) is 51.3 Å². The van der Waals surface area contributed by atoms with Gasteiger partial charge in [-0.3, -0.25) is 4.79 Å². The van der Waals surface area contributed by atoms with Crippen LogP contribution in [0, 0.1) is 0 Å². The number of anilines is 1. The summed E-state index contributed by atoms with van der Waals surface area (Å²) in [6, 6.07) is 22.5. The summed E-state index contributed by atoms with van der Waals surface area (Å²) in [4.78, 5) is 13.9. The standard InChI is InChI=1S/C24H24ClN3O/c1-3-27-22-7-5-4-6-20(22)21-14-19(12-13-23(21)27)28(15-24(26)29)16(2)17-8-10-18(25)11-9-17/h4-14,16H,3,15H2,1-2H3,(H2,26,29). The van der Waals surface area contributed by atoms with Gasteiger partial charge in [0.25, 0.3) is 0 Å². The maximum atomic E-state index is 11.9. The summed E-state index contributed by atoms with van der Waals surface area (Å²) >= 11 is 6.04. The highest BCUT2D eigenvalue weighted by Gasteiger charge is 2.20. The Labute approximate surface area is 175 Å². The zero-order valence-corrected chi connectivity index (χ0v) is 17.4. The maximum Gasteiger partial charge on any atom is 0.236 e. The number of nitrogens with zero attached hydrogens (tertiary/aromatic N) is 2. The first kappa shape index (κ1) is 19.3. The quantitative estimate of drug-likeness (QED) is 0.459. The molecule has 0 bridgehead atoms. The molecule has 0 saturated carbocycles. The Kier molecular flexibility index (Phi) is 5.20. The molecular formula is C24H24ClN3O. The lowest BCUT2D eigenvalue weighted by molar-refractivity contribution is -0.116. The molecule has 4 rings (SSSR count). The fourth-order valence-electron chi connectivity index (χ4n) is 4.10. The van der Waals surface area contributed by atoms with Crippen molar-refractivity contribution in [2.45, 2.75) is 26.4 Å². The highest BCUT2D eigenvalue weighted by molar-refractivity contribution is 6.30. The van der Waals surface area contributed by atoms with E-state index in [1.54, 1.807) is 0 Å². The number of amides is 1. The van der Waals surface area contributed by atoms with Crippen LogP contribution >= 0.6 is 11.6 Å². The van der Waals surface area contributed by atoms with E-state index in [-0.39, 0.29) is 18.5 Å².